The van der Waals surface area contributed by atoms with Crippen molar-refractivity contribution in [1.29, 1.82) is 0 Å². The molecule has 1 N–H and O–H groups in total. The fourth-order valence-corrected chi connectivity index (χ4v) is 2.02. The van der Waals surface area contributed by atoms with Crippen molar-refractivity contribution in [2.45, 2.75) is 0 Å². The first-order valence-electron chi connectivity index (χ1n) is 3.98. The molecule has 1 aromatic rings. The van der Waals surface area contributed by atoms with Gasteiger partial charge in [0.2, 0.25) is 0 Å². The van der Waals surface area contributed by atoms with Crippen LogP contribution in [0.3, 0.4) is 0 Å². The first-order chi connectivity index (χ1) is 6.83. The summed E-state index contributed by atoms with van der Waals surface area (Å²) in [6.45, 7) is 0. The molecule has 0 saturated carbocycles. The highest BCUT2D eigenvalue weighted by molar-refractivity contribution is 9.10. The summed E-state index contributed by atoms with van der Waals surface area (Å²) in [5, 5.41) is 0.351. The van der Waals surface area contributed by atoms with Gasteiger partial charge in [-0.2, -0.15) is 12.7 Å². The molecule has 0 atom stereocenters. The molecule has 0 spiro atoms. The van der Waals surface area contributed by atoms with Crippen molar-refractivity contribution in [2.24, 2.45) is 0 Å². The van der Waals surface area contributed by atoms with Crippen molar-refractivity contribution < 1.29 is 8.42 Å². The molecule has 0 amide bonds. The van der Waals surface area contributed by atoms with Crippen LogP contribution in [0.25, 0.3) is 0 Å². The topological polar surface area (TPSA) is 49.4 Å². The van der Waals surface area contributed by atoms with Gasteiger partial charge in [-0.05, 0) is 18.2 Å². The van der Waals surface area contributed by atoms with Crippen LogP contribution in [-0.4, -0.2) is 26.8 Å². The lowest BCUT2D eigenvalue weighted by Crippen LogP contribution is -2.29. The van der Waals surface area contributed by atoms with E-state index in [0.717, 1.165) is 8.78 Å². The Labute approximate surface area is 103 Å². The Kier molecular flexibility index (Phi) is 3.99. The molecule has 4 nitrogen and oxygen atoms in total. The van der Waals surface area contributed by atoms with Crippen LogP contribution < -0.4 is 4.72 Å². The molecule has 1 rings (SSSR count). The van der Waals surface area contributed by atoms with Crippen LogP contribution in [0.5, 0.6) is 0 Å². The minimum absolute atomic E-state index is 0.347. The van der Waals surface area contributed by atoms with E-state index < -0.39 is 10.2 Å². The summed E-state index contributed by atoms with van der Waals surface area (Å²) in [5.41, 5.74) is 0.347. The summed E-state index contributed by atoms with van der Waals surface area (Å²) in [5.74, 6) is 0. The van der Waals surface area contributed by atoms with Crippen LogP contribution >= 0.6 is 27.5 Å². The predicted molar refractivity (Wildman–Crippen MR) is 65.4 cm³/mol. The molecule has 15 heavy (non-hydrogen) atoms. The fourth-order valence-electron chi connectivity index (χ4n) is 0.806. The number of halogens is 2. The normalized spacial score (nSPS) is 11.8. The molecule has 84 valence electrons. The number of anilines is 1. The van der Waals surface area contributed by atoms with Crippen LogP contribution in [0.1, 0.15) is 0 Å². The maximum absolute atomic E-state index is 11.5. The Hall–Kier alpha value is -0.300. The quantitative estimate of drug-likeness (QED) is 0.931. The Morgan fingerprint density at radius 2 is 2.00 bits per heavy atom. The maximum Gasteiger partial charge on any atom is 0.301 e. The van der Waals surface area contributed by atoms with Gasteiger partial charge in [-0.25, -0.2) is 0 Å². The Balaban J connectivity index is 3.05. The van der Waals surface area contributed by atoms with Gasteiger partial charge in [0.05, 0.1) is 10.7 Å². The Bertz CT molecular complexity index is 462. The summed E-state index contributed by atoms with van der Waals surface area (Å²) >= 11 is 9.07. The zero-order valence-electron chi connectivity index (χ0n) is 8.16. The fraction of sp³-hybridized carbons (Fsp3) is 0.250. The van der Waals surface area contributed by atoms with E-state index in [2.05, 4.69) is 20.7 Å². The lowest BCUT2D eigenvalue weighted by atomic mass is 10.3. The molecule has 0 aliphatic carbocycles. The largest absolute Gasteiger partial charge is 0.301 e. The van der Waals surface area contributed by atoms with E-state index in [4.69, 9.17) is 11.6 Å². The van der Waals surface area contributed by atoms with E-state index in [9.17, 15) is 8.42 Å². The molecule has 0 fully saturated rings. The van der Waals surface area contributed by atoms with Crippen LogP contribution in [0.15, 0.2) is 22.7 Å². The average Bonchev–Trinajstić information content (AvgIpc) is 2.10. The minimum atomic E-state index is -3.51. The van der Waals surface area contributed by atoms with Crippen molar-refractivity contribution in [1.82, 2.24) is 4.31 Å². The molecule has 0 aliphatic rings. The maximum atomic E-state index is 11.5. The van der Waals surface area contributed by atoms with Gasteiger partial charge < -0.3 is 0 Å². The van der Waals surface area contributed by atoms with Gasteiger partial charge >= 0.3 is 10.2 Å². The van der Waals surface area contributed by atoms with Crippen LogP contribution in [0.2, 0.25) is 5.02 Å². The summed E-state index contributed by atoms with van der Waals surface area (Å²) in [6, 6.07) is 4.94. The highest BCUT2D eigenvalue weighted by Crippen LogP contribution is 2.26. The van der Waals surface area contributed by atoms with Crippen molar-refractivity contribution in [2.75, 3.05) is 18.8 Å². The van der Waals surface area contributed by atoms with Gasteiger partial charge in [-0.1, -0.05) is 27.5 Å². The Morgan fingerprint density at radius 1 is 1.40 bits per heavy atom. The summed E-state index contributed by atoms with van der Waals surface area (Å²) < 4.78 is 27.2. The van der Waals surface area contributed by atoms with Crippen molar-refractivity contribution in [3.05, 3.63) is 27.7 Å². The zero-order chi connectivity index (χ0) is 11.6. The first-order valence-corrected chi connectivity index (χ1v) is 6.59. The van der Waals surface area contributed by atoms with Gasteiger partial charge in [0, 0.05) is 18.6 Å². The minimum Gasteiger partial charge on any atom is -0.269 e. The van der Waals surface area contributed by atoms with Crippen LogP contribution in [0, 0.1) is 0 Å². The molecule has 0 heterocycles. The SMILES string of the molecule is CN(C)S(=O)(=O)Nc1cc(Br)ccc1Cl. The second-order valence-electron chi connectivity index (χ2n) is 3.01. The van der Waals surface area contributed by atoms with E-state index in [0.29, 0.717) is 10.7 Å². The van der Waals surface area contributed by atoms with Gasteiger partial charge in [0.25, 0.3) is 0 Å². The third-order valence-corrected chi connectivity index (χ3v) is 3.91. The molecule has 0 unspecified atom stereocenters. The Morgan fingerprint density at radius 3 is 2.53 bits per heavy atom. The molecule has 0 radical (unpaired) electrons. The molecule has 0 aromatic heterocycles. The number of nitrogens with zero attached hydrogens (tertiary/aromatic N) is 1. The first kappa shape index (κ1) is 12.8. The molecule has 0 aliphatic heterocycles. The standard InChI is InChI=1S/C8H10BrClN2O2S/c1-12(2)15(13,14)11-8-5-6(9)3-4-7(8)10/h3-5,11H,1-2H3. The van der Waals surface area contributed by atoms with Crippen molar-refractivity contribution in [3.8, 4) is 0 Å². The number of benzene rings is 1. The number of hydrogen-bond acceptors (Lipinski definition) is 2. The van der Waals surface area contributed by atoms with Gasteiger partial charge in [0.1, 0.15) is 0 Å². The van der Waals surface area contributed by atoms with E-state index in [1.54, 1.807) is 18.2 Å². The third kappa shape index (κ3) is 3.34. The summed E-state index contributed by atoms with van der Waals surface area (Å²) in [4.78, 5) is 0. The van der Waals surface area contributed by atoms with E-state index in [1.807, 2.05) is 0 Å². The molecule has 1 aromatic carbocycles. The predicted octanol–water partition coefficient (Wildman–Crippen LogP) is 2.32. The molecule has 0 bridgehead atoms. The van der Waals surface area contributed by atoms with E-state index in [-0.39, 0.29) is 0 Å². The molecule has 0 saturated heterocycles. The van der Waals surface area contributed by atoms with Gasteiger partial charge in [-0.3, -0.25) is 4.72 Å². The molecular formula is C8H10BrClN2O2S. The third-order valence-electron chi connectivity index (χ3n) is 1.65. The van der Waals surface area contributed by atoms with Gasteiger partial charge in [0.15, 0.2) is 0 Å². The van der Waals surface area contributed by atoms with Crippen LogP contribution in [0.4, 0.5) is 5.69 Å². The number of nitrogens with one attached hydrogen (secondary N) is 1. The summed E-state index contributed by atoms with van der Waals surface area (Å²) in [6.07, 6.45) is 0. The van der Waals surface area contributed by atoms with Crippen LogP contribution in [-0.2, 0) is 10.2 Å². The second kappa shape index (κ2) is 4.69. The zero-order valence-corrected chi connectivity index (χ0v) is 11.3. The lowest BCUT2D eigenvalue weighted by Gasteiger charge is -2.14. The molecule has 7 heteroatoms. The number of hydrogen-bond donors (Lipinski definition) is 1. The smallest absolute Gasteiger partial charge is 0.269 e. The lowest BCUT2D eigenvalue weighted by molar-refractivity contribution is 0.527. The summed E-state index contributed by atoms with van der Waals surface area (Å²) in [7, 11) is -0.635. The van der Waals surface area contributed by atoms with Gasteiger partial charge in [-0.15, -0.1) is 0 Å². The highest BCUT2D eigenvalue weighted by atomic mass is 79.9. The monoisotopic (exact) mass is 312 g/mol. The van der Waals surface area contributed by atoms with E-state index in [1.165, 1.54) is 14.1 Å². The van der Waals surface area contributed by atoms with E-state index >= 15 is 0 Å². The van der Waals surface area contributed by atoms with Crippen molar-refractivity contribution in [3.63, 3.8) is 0 Å². The number of rotatable bonds is 3. The highest BCUT2D eigenvalue weighted by Gasteiger charge is 2.14. The second-order valence-corrected chi connectivity index (χ2v) is 6.22. The molecular weight excluding hydrogens is 304 g/mol. The van der Waals surface area contributed by atoms with Crippen molar-refractivity contribution >= 4 is 43.4 Å². The average molecular weight is 314 g/mol.